The number of nitrogen functional groups attached to an aromatic ring is 1. The van der Waals surface area contributed by atoms with Crippen molar-refractivity contribution in [1.82, 2.24) is 24.6 Å². The van der Waals surface area contributed by atoms with Gasteiger partial charge in [0.05, 0.1) is 31.3 Å². The van der Waals surface area contributed by atoms with Crippen LogP contribution in [0, 0.1) is 0 Å². The predicted molar refractivity (Wildman–Crippen MR) is 162 cm³/mol. The van der Waals surface area contributed by atoms with E-state index in [2.05, 4.69) is 20.0 Å². The third-order valence-corrected chi connectivity index (χ3v) is 7.14. The van der Waals surface area contributed by atoms with E-state index in [0.717, 1.165) is 10.8 Å². The zero-order valence-corrected chi connectivity index (χ0v) is 25.2. The van der Waals surface area contributed by atoms with Crippen LogP contribution in [0.3, 0.4) is 0 Å². The van der Waals surface area contributed by atoms with Gasteiger partial charge in [0.25, 0.3) is 5.56 Å². The minimum atomic E-state index is -1.75. The SMILES string of the molecule is COC(C)C.FCF.Nc1nc2c(ncn2C2CC(O)C(C=COP(NCC=O)Oc3cccc4ccccc34)O2)c(=O)[nH]1. The molecule has 3 heterocycles. The molecule has 0 radical (unpaired) electrons. The summed E-state index contributed by atoms with van der Waals surface area (Å²) in [7, 11) is -0.0122. The third kappa shape index (κ3) is 9.49. The number of fused-ring (bicyclic) bond motifs is 2. The molecule has 1 aliphatic rings. The van der Waals surface area contributed by atoms with Crippen molar-refractivity contribution in [2.75, 3.05) is 26.3 Å². The van der Waals surface area contributed by atoms with Gasteiger partial charge in [0.2, 0.25) is 12.9 Å². The Kier molecular flexibility index (Phi) is 13.6. The lowest BCUT2D eigenvalue weighted by molar-refractivity contribution is -0.106. The largest absolute Gasteiger partial charge is 0.435 e. The molecule has 2 aromatic heterocycles. The van der Waals surface area contributed by atoms with Gasteiger partial charge in [0, 0.05) is 18.9 Å². The maximum atomic E-state index is 12.0. The summed E-state index contributed by atoms with van der Waals surface area (Å²) in [4.78, 5) is 33.5. The number of imidazole rings is 1. The van der Waals surface area contributed by atoms with Crippen LogP contribution < -0.4 is 20.9 Å². The molecular formula is C28H35F2N6O7P. The number of carbonyl (C=O) groups is 1. The number of hydrogen-bond acceptors (Lipinski definition) is 11. The molecule has 2 aromatic carbocycles. The number of aliphatic hydroxyl groups excluding tert-OH is 1. The number of alkyl halides is 2. The average molecular weight is 637 g/mol. The fourth-order valence-corrected chi connectivity index (χ4v) is 4.83. The highest BCUT2D eigenvalue weighted by Crippen LogP contribution is 2.39. The Morgan fingerprint density at radius 2 is 1.98 bits per heavy atom. The van der Waals surface area contributed by atoms with Crippen molar-refractivity contribution in [3.8, 4) is 5.75 Å². The van der Waals surface area contributed by atoms with Gasteiger partial charge >= 0.3 is 8.53 Å². The summed E-state index contributed by atoms with van der Waals surface area (Å²) < 4.78 is 43.3. The Balaban J connectivity index is 0.000000592. The number of anilines is 1. The first-order valence-electron chi connectivity index (χ1n) is 13.4. The monoisotopic (exact) mass is 636 g/mol. The zero-order chi connectivity index (χ0) is 32.1. The molecule has 0 spiro atoms. The number of nitrogens with two attached hydrogens (primary N) is 1. The van der Waals surface area contributed by atoms with Gasteiger partial charge < -0.3 is 34.2 Å². The summed E-state index contributed by atoms with van der Waals surface area (Å²) in [6.07, 6.45) is 3.52. The van der Waals surface area contributed by atoms with Crippen molar-refractivity contribution >= 4 is 42.7 Å². The van der Waals surface area contributed by atoms with Crippen LogP contribution in [0.2, 0.25) is 0 Å². The Morgan fingerprint density at radius 1 is 1.27 bits per heavy atom. The Labute approximate surface area is 253 Å². The first kappa shape index (κ1) is 34.5. The highest BCUT2D eigenvalue weighted by atomic mass is 31.2. The summed E-state index contributed by atoms with van der Waals surface area (Å²) in [5, 5.41) is 15.4. The van der Waals surface area contributed by atoms with Gasteiger partial charge in [-0.25, -0.2) is 18.9 Å². The lowest BCUT2D eigenvalue weighted by atomic mass is 10.1. The van der Waals surface area contributed by atoms with E-state index in [1.807, 2.05) is 56.3 Å². The lowest BCUT2D eigenvalue weighted by Gasteiger charge is -2.18. The number of benzene rings is 2. The van der Waals surface area contributed by atoms with Crippen LogP contribution in [-0.2, 0) is 18.8 Å². The highest BCUT2D eigenvalue weighted by Gasteiger charge is 2.34. The number of hydrogen-bond donors (Lipinski definition) is 4. The van der Waals surface area contributed by atoms with E-state index in [0.29, 0.717) is 18.1 Å². The number of aliphatic hydroxyl groups is 1. The number of rotatable bonds is 10. The quantitative estimate of drug-likeness (QED) is 0.112. The molecule has 0 aliphatic carbocycles. The van der Waals surface area contributed by atoms with Crippen molar-refractivity contribution in [1.29, 1.82) is 0 Å². The topological polar surface area (TPSA) is 176 Å². The summed E-state index contributed by atoms with van der Waals surface area (Å²) in [5.74, 6) is 0.567. The normalized spacial score (nSPS) is 18.5. The molecule has 1 aliphatic heterocycles. The van der Waals surface area contributed by atoms with E-state index in [1.54, 1.807) is 17.8 Å². The lowest BCUT2D eigenvalue weighted by Crippen LogP contribution is -2.18. The molecule has 1 fully saturated rings. The number of aromatic amines is 1. The van der Waals surface area contributed by atoms with E-state index in [9.17, 15) is 23.5 Å². The fourth-order valence-electron chi connectivity index (χ4n) is 3.91. The summed E-state index contributed by atoms with van der Waals surface area (Å²) in [6.45, 7) is 2.29. The standard InChI is InChI=1S/C23H23N6O6P.C4H10O.CH2F2/c24-23-27-21-20(22(32)28-23)25-13-29(21)19-12-16(31)18(34-19)8-11-33-36(26-9-10-30)35-17-7-3-5-14-4-1-2-6-15(14)17;1-4(2)5-3;2-1-3/h1-8,10-11,13,16,18-19,26,31H,9,12H2,(H3,24,27,28,32);4H,1-3H3;1H2. The van der Waals surface area contributed by atoms with Crippen molar-refractivity contribution < 1.29 is 37.2 Å². The molecule has 0 saturated carbocycles. The molecule has 238 valence electrons. The van der Waals surface area contributed by atoms with Crippen LogP contribution in [-0.4, -0.2) is 69.8 Å². The Morgan fingerprint density at radius 3 is 2.68 bits per heavy atom. The Bertz CT molecular complexity index is 1570. The van der Waals surface area contributed by atoms with Crippen LogP contribution in [0.4, 0.5) is 14.7 Å². The van der Waals surface area contributed by atoms with Crippen molar-refractivity contribution in [3.05, 3.63) is 71.5 Å². The van der Waals surface area contributed by atoms with E-state index >= 15 is 0 Å². The molecule has 4 atom stereocenters. The second-order valence-electron chi connectivity index (χ2n) is 9.31. The summed E-state index contributed by atoms with van der Waals surface area (Å²) >= 11 is 0. The van der Waals surface area contributed by atoms with Crippen LogP contribution in [0.5, 0.6) is 5.75 Å². The van der Waals surface area contributed by atoms with Crippen molar-refractivity contribution in [2.45, 2.75) is 44.8 Å². The maximum Gasteiger partial charge on any atom is 0.381 e. The van der Waals surface area contributed by atoms with Crippen LogP contribution in [0.25, 0.3) is 21.9 Å². The molecule has 4 aromatic rings. The Hall–Kier alpha value is -4.01. The second-order valence-corrected chi connectivity index (χ2v) is 10.5. The van der Waals surface area contributed by atoms with Gasteiger partial charge in [-0.1, -0.05) is 36.4 Å². The first-order chi connectivity index (χ1) is 21.2. The molecule has 16 heteroatoms. The number of nitrogens with zero attached hydrogens (tertiary/aromatic N) is 3. The fraction of sp³-hybridized carbons (Fsp3) is 0.357. The van der Waals surface area contributed by atoms with Crippen LogP contribution in [0.15, 0.2) is 65.9 Å². The van der Waals surface area contributed by atoms with Crippen LogP contribution in [0.1, 0.15) is 26.5 Å². The number of carbonyl (C=O) groups excluding carboxylic acids is 1. The smallest absolute Gasteiger partial charge is 0.381 e. The molecule has 44 heavy (non-hydrogen) atoms. The minimum absolute atomic E-state index is 0.0396. The van der Waals surface area contributed by atoms with Crippen molar-refractivity contribution in [3.63, 3.8) is 0 Å². The minimum Gasteiger partial charge on any atom is -0.435 e. The van der Waals surface area contributed by atoms with E-state index in [-0.39, 0.29) is 30.1 Å². The number of ether oxygens (including phenoxy) is 2. The average Bonchev–Trinajstić information content (AvgIpc) is 3.59. The van der Waals surface area contributed by atoms with Gasteiger partial charge in [0.1, 0.15) is 24.4 Å². The molecule has 5 N–H and O–H groups in total. The van der Waals surface area contributed by atoms with Crippen LogP contribution >= 0.6 is 8.53 Å². The van der Waals surface area contributed by atoms with E-state index < -0.39 is 39.4 Å². The van der Waals surface area contributed by atoms with Gasteiger partial charge in [-0.05, 0) is 31.4 Å². The van der Waals surface area contributed by atoms with Gasteiger partial charge in [-0.15, -0.1) is 0 Å². The third-order valence-electron chi connectivity index (χ3n) is 6.03. The molecular weight excluding hydrogens is 601 g/mol. The van der Waals surface area contributed by atoms with E-state index in [1.165, 1.54) is 12.6 Å². The number of halogens is 2. The highest BCUT2D eigenvalue weighted by molar-refractivity contribution is 7.45. The van der Waals surface area contributed by atoms with E-state index in [4.69, 9.17) is 24.3 Å². The molecule has 1 saturated heterocycles. The summed E-state index contributed by atoms with van der Waals surface area (Å²) in [6, 6.07) is 13.4. The molecule has 0 amide bonds. The summed E-state index contributed by atoms with van der Waals surface area (Å²) in [5.41, 5.74) is 5.59. The predicted octanol–water partition coefficient (Wildman–Crippen LogP) is 4.05. The second kappa shape index (κ2) is 17.3. The van der Waals surface area contributed by atoms with Gasteiger partial charge in [-0.2, -0.15) is 4.98 Å². The number of methoxy groups -OCH3 is 1. The molecule has 13 nitrogen and oxygen atoms in total. The maximum absolute atomic E-state index is 12.0. The van der Waals surface area contributed by atoms with Gasteiger partial charge in [-0.3, -0.25) is 14.3 Å². The number of H-pyrrole nitrogens is 1. The number of aromatic nitrogens is 4. The molecule has 5 rings (SSSR count). The number of nitrogens with one attached hydrogen (secondary N) is 2. The molecule has 0 bridgehead atoms. The van der Waals surface area contributed by atoms with Gasteiger partial charge in [0.15, 0.2) is 11.2 Å². The van der Waals surface area contributed by atoms with Crippen molar-refractivity contribution in [2.24, 2.45) is 0 Å². The first-order valence-corrected chi connectivity index (χ1v) is 14.6. The zero-order valence-electron chi connectivity index (χ0n) is 24.3. The number of aldehydes is 1. The molecule has 4 unspecified atom stereocenters.